The van der Waals surface area contributed by atoms with E-state index >= 15 is 0 Å². The molecule has 1 heteroatoms. The van der Waals surface area contributed by atoms with Crippen LogP contribution in [0.4, 0.5) is 0 Å². The third-order valence-corrected chi connectivity index (χ3v) is 4.21. The molecule has 0 spiro atoms. The molecule has 0 aromatic rings. The lowest BCUT2D eigenvalue weighted by Gasteiger charge is -2.43. The summed E-state index contributed by atoms with van der Waals surface area (Å²) in [5, 5.41) is 9.23. The summed E-state index contributed by atoms with van der Waals surface area (Å²) < 4.78 is 0. The molecule has 0 heterocycles. The average Bonchev–Trinajstić information content (AvgIpc) is 2.78. The quantitative estimate of drug-likeness (QED) is 0.684. The average molecular weight is 168 g/mol. The number of aliphatic hydroxyl groups is 1. The molecule has 0 saturated heterocycles. The van der Waals surface area contributed by atoms with Crippen LogP contribution < -0.4 is 0 Å². The van der Waals surface area contributed by atoms with Gasteiger partial charge in [-0.2, -0.15) is 0 Å². The van der Waals surface area contributed by atoms with Crippen LogP contribution >= 0.6 is 0 Å². The van der Waals surface area contributed by atoms with Crippen LogP contribution in [0.1, 0.15) is 51.9 Å². The van der Waals surface area contributed by atoms with Crippen LogP contribution in [0.5, 0.6) is 0 Å². The summed E-state index contributed by atoms with van der Waals surface area (Å²) in [5.74, 6) is 0. The minimum absolute atomic E-state index is 0.385. The number of hydrogen-bond donors (Lipinski definition) is 1. The molecule has 2 rings (SSSR count). The maximum absolute atomic E-state index is 9.23. The Morgan fingerprint density at radius 2 is 1.75 bits per heavy atom. The normalized spacial score (nSPS) is 29.5. The molecule has 0 radical (unpaired) electrons. The summed E-state index contributed by atoms with van der Waals surface area (Å²) in [6.07, 6.45) is 9.48. The van der Waals surface area contributed by atoms with Crippen molar-refractivity contribution >= 4 is 0 Å². The zero-order valence-corrected chi connectivity index (χ0v) is 8.10. The fourth-order valence-electron chi connectivity index (χ4n) is 2.70. The third kappa shape index (κ3) is 1.28. The molecule has 2 aliphatic rings. The van der Waals surface area contributed by atoms with Gasteiger partial charge in [0.1, 0.15) is 0 Å². The smallest absolute Gasteiger partial charge is 0.0487 e. The first-order valence-electron chi connectivity index (χ1n) is 5.35. The van der Waals surface area contributed by atoms with Gasteiger partial charge in [0.25, 0.3) is 0 Å². The van der Waals surface area contributed by atoms with Crippen molar-refractivity contribution in [2.75, 3.05) is 6.61 Å². The summed E-state index contributed by atoms with van der Waals surface area (Å²) in [7, 11) is 0. The van der Waals surface area contributed by atoms with Crippen molar-refractivity contribution < 1.29 is 5.11 Å². The molecule has 12 heavy (non-hydrogen) atoms. The minimum Gasteiger partial charge on any atom is -0.396 e. The van der Waals surface area contributed by atoms with Crippen LogP contribution in [-0.2, 0) is 0 Å². The maximum atomic E-state index is 9.23. The monoisotopic (exact) mass is 168 g/mol. The van der Waals surface area contributed by atoms with Crippen molar-refractivity contribution in [3.8, 4) is 0 Å². The van der Waals surface area contributed by atoms with Gasteiger partial charge in [-0.1, -0.05) is 19.8 Å². The summed E-state index contributed by atoms with van der Waals surface area (Å²) in [4.78, 5) is 0. The number of rotatable bonds is 4. The van der Waals surface area contributed by atoms with E-state index in [1.165, 1.54) is 44.9 Å². The highest BCUT2D eigenvalue weighted by Gasteiger charge is 2.49. The van der Waals surface area contributed by atoms with Gasteiger partial charge in [-0.15, -0.1) is 0 Å². The molecule has 0 aliphatic heterocycles. The van der Waals surface area contributed by atoms with Gasteiger partial charge in [-0.3, -0.25) is 0 Å². The molecule has 0 amide bonds. The van der Waals surface area contributed by atoms with Crippen molar-refractivity contribution in [1.82, 2.24) is 0 Å². The minimum atomic E-state index is 0.385. The Hall–Kier alpha value is -0.0400. The van der Waals surface area contributed by atoms with Crippen molar-refractivity contribution in [3.05, 3.63) is 0 Å². The maximum Gasteiger partial charge on any atom is 0.0487 e. The van der Waals surface area contributed by atoms with Crippen molar-refractivity contribution in [2.24, 2.45) is 10.8 Å². The molecule has 70 valence electrons. The fourth-order valence-corrected chi connectivity index (χ4v) is 2.70. The molecule has 2 aliphatic carbocycles. The Balaban J connectivity index is 1.92. The van der Waals surface area contributed by atoms with Gasteiger partial charge >= 0.3 is 0 Å². The zero-order valence-electron chi connectivity index (χ0n) is 8.10. The highest BCUT2D eigenvalue weighted by atomic mass is 16.3. The molecule has 0 unspecified atom stereocenters. The Kier molecular flexibility index (Phi) is 1.95. The highest BCUT2D eigenvalue weighted by molar-refractivity contribution is 5.00. The molecule has 2 fully saturated rings. The Morgan fingerprint density at radius 3 is 2.00 bits per heavy atom. The third-order valence-electron chi connectivity index (χ3n) is 4.21. The molecule has 0 atom stereocenters. The summed E-state index contributed by atoms with van der Waals surface area (Å²) in [5.41, 5.74) is 1.04. The van der Waals surface area contributed by atoms with E-state index in [0.29, 0.717) is 17.4 Å². The predicted molar refractivity (Wildman–Crippen MR) is 49.9 cm³/mol. The van der Waals surface area contributed by atoms with E-state index in [1.54, 1.807) is 0 Å². The van der Waals surface area contributed by atoms with Crippen LogP contribution in [0.3, 0.4) is 0 Å². The lowest BCUT2D eigenvalue weighted by Crippen LogP contribution is -2.32. The SMILES string of the molecule is CCC1(CC2(CO)CC2)CCC1. The summed E-state index contributed by atoms with van der Waals surface area (Å²) in [6.45, 7) is 2.75. The molecule has 0 bridgehead atoms. The van der Waals surface area contributed by atoms with Gasteiger partial charge in [-0.05, 0) is 42.9 Å². The van der Waals surface area contributed by atoms with Gasteiger partial charge in [0.05, 0.1) is 0 Å². The number of aliphatic hydroxyl groups excluding tert-OH is 1. The second-order valence-electron chi connectivity index (χ2n) is 5.04. The van der Waals surface area contributed by atoms with Gasteiger partial charge in [0.15, 0.2) is 0 Å². The molecular formula is C11H20O. The lowest BCUT2D eigenvalue weighted by molar-refractivity contribution is 0.0578. The molecule has 0 aromatic heterocycles. The van der Waals surface area contributed by atoms with E-state index in [0.717, 1.165) is 0 Å². The molecule has 1 N–H and O–H groups in total. The second-order valence-corrected chi connectivity index (χ2v) is 5.04. The van der Waals surface area contributed by atoms with Gasteiger partial charge in [0.2, 0.25) is 0 Å². The van der Waals surface area contributed by atoms with E-state index in [9.17, 15) is 5.11 Å². The van der Waals surface area contributed by atoms with Gasteiger partial charge < -0.3 is 5.11 Å². The Morgan fingerprint density at radius 1 is 1.08 bits per heavy atom. The van der Waals surface area contributed by atoms with Crippen LogP contribution in [0.2, 0.25) is 0 Å². The molecule has 2 saturated carbocycles. The second kappa shape index (κ2) is 2.73. The van der Waals surface area contributed by atoms with E-state index in [4.69, 9.17) is 0 Å². The van der Waals surface area contributed by atoms with E-state index < -0.39 is 0 Å². The number of hydrogen-bond acceptors (Lipinski definition) is 1. The fraction of sp³-hybridized carbons (Fsp3) is 1.00. The molecule has 1 nitrogen and oxygen atoms in total. The first-order chi connectivity index (χ1) is 5.74. The first kappa shape index (κ1) is 8.55. The topological polar surface area (TPSA) is 20.2 Å². The standard InChI is InChI=1S/C11H20O/c1-2-10(4-3-5-10)8-11(9-12)6-7-11/h12H,2-9H2,1H3. The van der Waals surface area contributed by atoms with Gasteiger partial charge in [-0.25, -0.2) is 0 Å². The summed E-state index contributed by atoms with van der Waals surface area (Å²) >= 11 is 0. The van der Waals surface area contributed by atoms with E-state index in [2.05, 4.69) is 6.92 Å². The lowest BCUT2D eigenvalue weighted by atomic mass is 9.62. The summed E-state index contributed by atoms with van der Waals surface area (Å²) in [6, 6.07) is 0. The van der Waals surface area contributed by atoms with E-state index in [1.807, 2.05) is 0 Å². The Bertz CT molecular complexity index is 160. The van der Waals surface area contributed by atoms with Crippen LogP contribution in [0.15, 0.2) is 0 Å². The van der Waals surface area contributed by atoms with Crippen molar-refractivity contribution in [1.29, 1.82) is 0 Å². The first-order valence-corrected chi connectivity index (χ1v) is 5.35. The molecular weight excluding hydrogens is 148 g/mol. The zero-order chi connectivity index (χ0) is 8.66. The van der Waals surface area contributed by atoms with Crippen molar-refractivity contribution in [3.63, 3.8) is 0 Å². The van der Waals surface area contributed by atoms with Gasteiger partial charge in [0, 0.05) is 6.61 Å². The van der Waals surface area contributed by atoms with E-state index in [-0.39, 0.29) is 0 Å². The molecule has 0 aromatic carbocycles. The Labute approximate surface area is 75.2 Å². The van der Waals surface area contributed by atoms with Crippen LogP contribution in [-0.4, -0.2) is 11.7 Å². The van der Waals surface area contributed by atoms with Crippen LogP contribution in [0.25, 0.3) is 0 Å². The van der Waals surface area contributed by atoms with Crippen LogP contribution in [0, 0.1) is 10.8 Å². The largest absolute Gasteiger partial charge is 0.396 e. The highest BCUT2D eigenvalue weighted by Crippen LogP contribution is 2.59. The predicted octanol–water partition coefficient (Wildman–Crippen LogP) is 2.73. The van der Waals surface area contributed by atoms with Crippen molar-refractivity contribution in [2.45, 2.75) is 51.9 Å².